The third-order valence-corrected chi connectivity index (χ3v) is 6.47. The van der Waals surface area contributed by atoms with Crippen LogP contribution in [0.4, 0.5) is 0 Å². The van der Waals surface area contributed by atoms with Crippen LogP contribution in [0.1, 0.15) is 43.6 Å². The van der Waals surface area contributed by atoms with Gasteiger partial charge in [0.2, 0.25) is 5.75 Å². The van der Waals surface area contributed by atoms with E-state index in [9.17, 15) is 4.79 Å². The van der Waals surface area contributed by atoms with Crippen molar-refractivity contribution in [1.82, 2.24) is 0 Å². The van der Waals surface area contributed by atoms with Gasteiger partial charge < -0.3 is 14.2 Å². The minimum absolute atomic E-state index is 0.0114. The summed E-state index contributed by atoms with van der Waals surface area (Å²) in [5, 5.41) is 1.94. The Kier molecular flexibility index (Phi) is 6.58. The average molecular weight is 469 g/mol. The van der Waals surface area contributed by atoms with Crippen molar-refractivity contribution in [2.45, 2.75) is 33.1 Å². The lowest BCUT2D eigenvalue weighted by molar-refractivity contribution is 0.102. The van der Waals surface area contributed by atoms with E-state index in [4.69, 9.17) is 14.2 Å². The molecule has 4 nitrogen and oxygen atoms in total. The number of benzene rings is 4. The molecule has 0 amide bonds. The number of Topliss-reactive ketones (excluding diaryl/α,β-unsaturated/α-hetero) is 1. The molecule has 35 heavy (non-hydrogen) atoms. The minimum Gasteiger partial charge on any atom is -0.493 e. The van der Waals surface area contributed by atoms with Crippen molar-refractivity contribution in [3.8, 4) is 39.5 Å². The van der Waals surface area contributed by atoms with Crippen LogP contribution in [-0.4, -0.2) is 27.1 Å². The van der Waals surface area contributed by atoms with Gasteiger partial charge in [0.05, 0.1) is 21.3 Å². The molecule has 0 atom stereocenters. The molecular weight excluding hydrogens is 436 g/mol. The van der Waals surface area contributed by atoms with Crippen LogP contribution in [0.3, 0.4) is 0 Å². The summed E-state index contributed by atoms with van der Waals surface area (Å²) in [7, 11) is 4.76. The Bertz CT molecular complexity index is 1390. The van der Waals surface area contributed by atoms with Gasteiger partial charge in [0.15, 0.2) is 17.3 Å². The number of hydrogen-bond acceptors (Lipinski definition) is 4. The minimum atomic E-state index is -0.0114. The Labute approximate surface area is 207 Å². The standard InChI is InChI=1S/C31H32O4/c1-19(32)28-24-10-8-9-22(20-11-13-21(14-12-20)31(2,3)4)23(24)15-16-25(28)26-17-18-27(33-5)30(35-7)29(26)34-6/h8-18H,1-7H3. The van der Waals surface area contributed by atoms with Crippen molar-refractivity contribution in [1.29, 1.82) is 0 Å². The van der Waals surface area contributed by atoms with Crippen LogP contribution >= 0.6 is 0 Å². The summed E-state index contributed by atoms with van der Waals surface area (Å²) in [6, 6.07) is 22.6. The number of fused-ring (bicyclic) bond motifs is 1. The largest absolute Gasteiger partial charge is 0.493 e. The maximum atomic E-state index is 13.0. The Balaban J connectivity index is 1.96. The lowest BCUT2D eigenvalue weighted by atomic mass is 9.85. The van der Waals surface area contributed by atoms with Crippen LogP contribution in [-0.2, 0) is 5.41 Å². The van der Waals surface area contributed by atoms with Gasteiger partial charge >= 0.3 is 0 Å². The van der Waals surface area contributed by atoms with Gasteiger partial charge in [-0.25, -0.2) is 0 Å². The van der Waals surface area contributed by atoms with Gasteiger partial charge in [0, 0.05) is 11.1 Å². The second kappa shape index (κ2) is 9.46. The third kappa shape index (κ3) is 4.37. The molecule has 0 bridgehead atoms. The summed E-state index contributed by atoms with van der Waals surface area (Å²) in [6.45, 7) is 8.24. The monoisotopic (exact) mass is 468 g/mol. The van der Waals surface area contributed by atoms with Crippen LogP contribution < -0.4 is 14.2 Å². The van der Waals surface area contributed by atoms with Gasteiger partial charge in [0.25, 0.3) is 0 Å². The van der Waals surface area contributed by atoms with Crippen molar-refractivity contribution in [3.63, 3.8) is 0 Å². The zero-order valence-corrected chi connectivity index (χ0v) is 21.5. The SMILES string of the molecule is COc1ccc(-c2ccc3c(-c4ccc(C(C)(C)C)cc4)cccc3c2C(C)=O)c(OC)c1OC. The third-order valence-electron chi connectivity index (χ3n) is 6.47. The van der Waals surface area contributed by atoms with Crippen molar-refractivity contribution < 1.29 is 19.0 Å². The number of methoxy groups -OCH3 is 3. The maximum absolute atomic E-state index is 13.0. The molecule has 180 valence electrons. The maximum Gasteiger partial charge on any atom is 0.203 e. The number of ketones is 1. The summed E-state index contributed by atoms with van der Waals surface area (Å²) in [4.78, 5) is 13.0. The molecule has 4 aromatic carbocycles. The summed E-state index contributed by atoms with van der Waals surface area (Å²) in [5.74, 6) is 1.58. The molecule has 0 fully saturated rings. The highest BCUT2D eigenvalue weighted by Crippen LogP contribution is 2.46. The van der Waals surface area contributed by atoms with Crippen molar-refractivity contribution in [2.24, 2.45) is 0 Å². The Hall–Kier alpha value is -3.79. The molecule has 0 spiro atoms. The molecule has 0 saturated heterocycles. The second-order valence-corrected chi connectivity index (χ2v) is 9.65. The van der Waals surface area contributed by atoms with E-state index in [2.05, 4.69) is 57.2 Å². The summed E-state index contributed by atoms with van der Waals surface area (Å²) >= 11 is 0. The molecule has 0 heterocycles. The highest BCUT2D eigenvalue weighted by atomic mass is 16.5. The molecule has 0 aromatic heterocycles. The van der Waals surface area contributed by atoms with E-state index in [1.807, 2.05) is 30.3 Å². The number of carbonyl (C=O) groups excluding carboxylic acids is 1. The van der Waals surface area contributed by atoms with E-state index in [0.717, 1.165) is 33.0 Å². The molecule has 0 aliphatic heterocycles. The van der Waals surface area contributed by atoms with E-state index in [1.54, 1.807) is 28.3 Å². The number of ether oxygens (including phenoxy) is 3. The summed E-state index contributed by atoms with van der Waals surface area (Å²) in [5.41, 5.74) is 5.81. The summed E-state index contributed by atoms with van der Waals surface area (Å²) < 4.78 is 16.7. The molecule has 4 rings (SSSR count). The van der Waals surface area contributed by atoms with Gasteiger partial charge in [-0.3, -0.25) is 4.79 Å². The van der Waals surface area contributed by atoms with E-state index in [1.165, 1.54) is 5.56 Å². The average Bonchev–Trinajstić information content (AvgIpc) is 2.85. The van der Waals surface area contributed by atoms with Crippen molar-refractivity contribution >= 4 is 16.6 Å². The topological polar surface area (TPSA) is 44.8 Å². The van der Waals surface area contributed by atoms with Gasteiger partial charge in [-0.15, -0.1) is 0 Å². The quantitative estimate of drug-likeness (QED) is 0.272. The molecule has 4 aromatic rings. The lowest BCUT2D eigenvalue weighted by Gasteiger charge is -2.20. The van der Waals surface area contributed by atoms with Crippen LogP contribution in [0.25, 0.3) is 33.0 Å². The predicted molar refractivity (Wildman–Crippen MR) is 143 cm³/mol. The Morgan fingerprint density at radius 3 is 1.89 bits per heavy atom. The molecule has 0 N–H and O–H groups in total. The van der Waals surface area contributed by atoms with E-state index in [0.29, 0.717) is 22.8 Å². The van der Waals surface area contributed by atoms with Crippen LogP contribution in [0.15, 0.2) is 66.7 Å². The Morgan fingerprint density at radius 1 is 0.657 bits per heavy atom. The molecule has 0 saturated carbocycles. The zero-order valence-electron chi connectivity index (χ0n) is 21.5. The summed E-state index contributed by atoms with van der Waals surface area (Å²) in [6.07, 6.45) is 0. The second-order valence-electron chi connectivity index (χ2n) is 9.65. The zero-order chi connectivity index (χ0) is 25.3. The molecular formula is C31H32O4. The molecule has 0 radical (unpaired) electrons. The lowest BCUT2D eigenvalue weighted by Crippen LogP contribution is -2.10. The van der Waals surface area contributed by atoms with Gasteiger partial charge in [-0.2, -0.15) is 0 Å². The van der Waals surface area contributed by atoms with Gasteiger partial charge in [0.1, 0.15) is 0 Å². The number of carbonyl (C=O) groups is 1. The predicted octanol–water partition coefficient (Wildman–Crippen LogP) is 7.70. The smallest absolute Gasteiger partial charge is 0.203 e. The molecule has 0 unspecified atom stereocenters. The van der Waals surface area contributed by atoms with Gasteiger partial charge in [-0.05, 0) is 57.5 Å². The highest BCUT2D eigenvalue weighted by molar-refractivity contribution is 6.15. The van der Waals surface area contributed by atoms with Crippen molar-refractivity contribution in [3.05, 3.63) is 77.9 Å². The fourth-order valence-electron chi connectivity index (χ4n) is 4.68. The first-order chi connectivity index (χ1) is 16.7. The first-order valence-corrected chi connectivity index (χ1v) is 11.7. The van der Waals surface area contributed by atoms with E-state index in [-0.39, 0.29) is 11.2 Å². The molecule has 0 aliphatic rings. The van der Waals surface area contributed by atoms with E-state index < -0.39 is 0 Å². The fourth-order valence-corrected chi connectivity index (χ4v) is 4.68. The number of rotatable bonds is 6. The van der Waals surface area contributed by atoms with Crippen LogP contribution in [0.5, 0.6) is 17.2 Å². The van der Waals surface area contributed by atoms with Gasteiger partial charge in [-0.1, -0.05) is 75.4 Å². The van der Waals surface area contributed by atoms with Crippen LogP contribution in [0.2, 0.25) is 0 Å². The first kappa shape index (κ1) is 24.3. The number of hydrogen-bond donors (Lipinski definition) is 0. The fraction of sp³-hybridized carbons (Fsp3) is 0.258. The molecule has 4 heteroatoms. The Morgan fingerprint density at radius 2 is 1.31 bits per heavy atom. The first-order valence-electron chi connectivity index (χ1n) is 11.7. The van der Waals surface area contributed by atoms with E-state index >= 15 is 0 Å². The normalized spacial score (nSPS) is 11.4. The highest BCUT2D eigenvalue weighted by Gasteiger charge is 2.22. The van der Waals surface area contributed by atoms with Crippen molar-refractivity contribution in [2.75, 3.05) is 21.3 Å². The molecule has 0 aliphatic carbocycles. The van der Waals surface area contributed by atoms with Crippen LogP contribution in [0, 0.1) is 0 Å².